The first kappa shape index (κ1) is 11.8. The van der Waals surface area contributed by atoms with E-state index >= 15 is 0 Å². The molecule has 1 atom stereocenters. The number of aryl methyl sites for hydroxylation is 3. The molecule has 0 saturated heterocycles. The first-order valence-corrected chi connectivity index (χ1v) is 6.25. The van der Waals surface area contributed by atoms with Crippen LogP contribution in [0, 0.1) is 13.8 Å². The Hall–Kier alpha value is -0.300. The zero-order valence-electron chi connectivity index (χ0n) is 9.31. The second kappa shape index (κ2) is 5.55. The van der Waals surface area contributed by atoms with E-state index in [4.69, 9.17) is 0 Å². The number of alkyl halides is 1. The molecular weight excluding hydrogens is 236 g/mol. The monoisotopic (exact) mass is 254 g/mol. The van der Waals surface area contributed by atoms with Gasteiger partial charge in [0.05, 0.1) is 0 Å². The Bertz CT molecular complexity index is 291. The van der Waals surface area contributed by atoms with Crippen molar-refractivity contribution in [1.82, 2.24) is 0 Å². The van der Waals surface area contributed by atoms with Crippen molar-refractivity contribution < 1.29 is 0 Å². The van der Waals surface area contributed by atoms with Gasteiger partial charge in [0, 0.05) is 4.83 Å². The van der Waals surface area contributed by atoms with E-state index < -0.39 is 0 Å². The topological polar surface area (TPSA) is 0 Å². The summed E-state index contributed by atoms with van der Waals surface area (Å²) in [6.45, 7) is 6.57. The average Bonchev–Trinajstić information content (AvgIpc) is 2.19. The van der Waals surface area contributed by atoms with Gasteiger partial charge in [0.2, 0.25) is 0 Å². The number of halogens is 1. The van der Waals surface area contributed by atoms with Gasteiger partial charge < -0.3 is 0 Å². The average molecular weight is 255 g/mol. The quantitative estimate of drug-likeness (QED) is 0.699. The molecule has 0 amide bonds. The van der Waals surface area contributed by atoms with E-state index in [1.54, 1.807) is 0 Å². The highest BCUT2D eigenvalue weighted by molar-refractivity contribution is 9.09. The Morgan fingerprint density at radius 3 is 2.50 bits per heavy atom. The van der Waals surface area contributed by atoms with Crippen LogP contribution in [-0.4, -0.2) is 4.83 Å². The molecule has 0 aliphatic heterocycles. The van der Waals surface area contributed by atoms with Crippen LogP contribution in [0.2, 0.25) is 0 Å². The van der Waals surface area contributed by atoms with E-state index in [0.29, 0.717) is 4.83 Å². The predicted molar refractivity (Wildman–Crippen MR) is 67.2 cm³/mol. The second-order valence-corrected chi connectivity index (χ2v) is 5.26. The first-order valence-electron chi connectivity index (χ1n) is 5.33. The lowest BCUT2D eigenvalue weighted by molar-refractivity contribution is 0.746. The van der Waals surface area contributed by atoms with Crippen molar-refractivity contribution in [3.8, 4) is 0 Å². The minimum atomic E-state index is 0.670. The maximum atomic E-state index is 3.67. The van der Waals surface area contributed by atoms with Crippen LogP contribution in [0.3, 0.4) is 0 Å². The number of rotatable bonds is 4. The van der Waals surface area contributed by atoms with Crippen molar-refractivity contribution >= 4 is 15.9 Å². The molecule has 0 bridgehead atoms. The van der Waals surface area contributed by atoms with Crippen molar-refractivity contribution in [3.05, 3.63) is 34.9 Å². The van der Waals surface area contributed by atoms with Crippen LogP contribution < -0.4 is 0 Å². The minimum Gasteiger partial charge on any atom is -0.0891 e. The summed E-state index contributed by atoms with van der Waals surface area (Å²) in [7, 11) is 0. The molecule has 0 N–H and O–H groups in total. The number of hydrogen-bond donors (Lipinski definition) is 0. The molecule has 1 rings (SSSR count). The lowest BCUT2D eigenvalue weighted by Gasteiger charge is -2.08. The lowest BCUT2D eigenvalue weighted by atomic mass is 10.0. The van der Waals surface area contributed by atoms with Crippen molar-refractivity contribution in [2.24, 2.45) is 0 Å². The third-order valence-electron chi connectivity index (χ3n) is 2.76. The summed E-state index contributed by atoms with van der Waals surface area (Å²) in [4.78, 5) is 0.670. The van der Waals surface area contributed by atoms with Crippen LogP contribution in [0.4, 0.5) is 0 Å². The second-order valence-electron chi connectivity index (χ2n) is 3.96. The summed E-state index contributed by atoms with van der Waals surface area (Å²) in [5.41, 5.74) is 4.26. The summed E-state index contributed by atoms with van der Waals surface area (Å²) in [5.74, 6) is 0. The van der Waals surface area contributed by atoms with Gasteiger partial charge in [0.25, 0.3) is 0 Å². The highest BCUT2D eigenvalue weighted by Crippen LogP contribution is 2.16. The molecule has 1 aromatic rings. The van der Waals surface area contributed by atoms with Crippen LogP contribution in [0.25, 0.3) is 0 Å². The largest absolute Gasteiger partial charge is 0.0891 e. The SMILES string of the molecule is CCC(Br)CCc1ccc(C)c(C)c1. The van der Waals surface area contributed by atoms with Crippen molar-refractivity contribution in [3.63, 3.8) is 0 Å². The van der Waals surface area contributed by atoms with Crippen molar-refractivity contribution in [2.75, 3.05) is 0 Å². The molecule has 0 aliphatic carbocycles. The Balaban J connectivity index is 2.55. The highest BCUT2D eigenvalue weighted by Gasteiger charge is 2.02. The Morgan fingerprint density at radius 1 is 1.21 bits per heavy atom. The van der Waals surface area contributed by atoms with Crippen LogP contribution in [-0.2, 0) is 6.42 Å². The molecule has 0 saturated carbocycles. The Morgan fingerprint density at radius 2 is 1.93 bits per heavy atom. The normalized spacial score (nSPS) is 12.9. The molecule has 0 spiro atoms. The van der Waals surface area contributed by atoms with Gasteiger partial charge in [-0.05, 0) is 49.8 Å². The molecule has 0 nitrogen and oxygen atoms in total. The summed E-state index contributed by atoms with van der Waals surface area (Å²) >= 11 is 3.67. The van der Waals surface area contributed by atoms with E-state index in [1.807, 2.05) is 0 Å². The van der Waals surface area contributed by atoms with Crippen LogP contribution in [0.1, 0.15) is 36.5 Å². The third kappa shape index (κ3) is 3.45. The molecule has 0 aliphatic rings. The minimum absolute atomic E-state index is 0.670. The summed E-state index contributed by atoms with van der Waals surface area (Å²) in [5, 5.41) is 0. The molecule has 1 unspecified atom stereocenters. The first-order chi connectivity index (χ1) is 6.63. The summed E-state index contributed by atoms with van der Waals surface area (Å²) in [6, 6.07) is 6.78. The predicted octanol–water partition coefficient (Wildman–Crippen LogP) is 4.41. The fourth-order valence-electron chi connectivity index (χ4n) is 1.49. The van der Waals surface area contributed by atoms with Crippen molar-refractivity contribution in [2.45, 2.75) is 44.9 Å². The third-order valence-corrected chi connectivity index (χ3v) is 3.87. The maximum Gasteiger partial charge on any atom is 0.0146 e. The molecule has 14 heavy (non-hydrogen) atoms. The van der Waals surface area contributed by atoms with Gasteiger partial charge in [-0.1, -0.05) is 41.1 Å². The van der Waals surface area contributed by atoms with Gasteiger partial charge in [0.1, 0.15) is 0 Å². The molecule has 0 aromatic heterocycles. The van der Waals surface area contributed by atoms with Gasteiger partial charge in [0.15, 0.2) is 0 Å². The fraction of sp³-hybridized carbons (Fsp3) is 0.538. The van der Waals surface area contributed by atoms with Gasteiger partial charge in [-0.2, -0.15) is 0 Å². The standard InChI is InChI=1S/C13H19Br/c1-4-13(14)8-7-12-6-5-10(2)11(3)9-12/h5-6,9,13H,4,7-8H2,1-3H3. The van der Waals surface area contributed by atoms with Crippen LogP contribution >= 0.6 is 15.9 Å². The molecular formula is C13H19Br. The number of hydrogen-bond acceptors (Lipinski definition) is 0. The molecule has 78 valence electrons. The maximum absolute atomic E-state index is 3.67. The highest BCUT2D eigenvalue weighted by atomic mass is 79.9. The zero-order valence-corrected chi connectivity index (χ0v) is 10.9. The lowest BCUT2D eigenvalue weighted by Crippen LogP contribution is -1.98. The smallest absolute Gasteiger partial charge is 0.0146 e. The van der Waals surface area contributed by atoms with E-state index in [2.05, 4.69) is 54.9 Å². The van der Waals surface area contributed by atoms with E-state index in [9.17, 15) is 0 Å². The van der Waals surface area contributed by atoms with Crippen LogP contribution in [0.15, 0.2) is 18.2 Å². The number of benzene rings is 1. The van der Waals surface area contributed by atoms with E-state index in [-0.39, 0.29) is 0 Å². The fourth-order valence-corrected chi connectivity index (χ4v) is 1.72. The van der Waals surface area contributed by atoms with Gasteiger partial charge >= 0.3 is 0 Å². The molecule has 0 fully saturated rings. The van der Waals surface area contributed by atoms with Gasteiger partial charge in [-0.15, -0.1) is 0 Å². The molecule has 1 aromatic carbocycles. The van der Waals surface area contributed by atoms with Crippen LogP contribution in [0.5, 0.6) is 0 Å². The zero-order chi connectivity index (χ0) is 10.6. The van der Waals surface area contributed by atoms with E-state index in [0.717, 1.165) is 0 Å². The van der Waals surface area contributed by atoms with E-state index in [1.165, 1.54) is 36.0 Å². The van der Waals surface area contributed by atoms with Gasteiger partial charge in [-0.3, -0.25) is 0 Å². The molecule has 1 heteroatoms. The molecule has 0 heterocycles. The Labute approximate surface area is 95.9 Å². The summed E-state index contributed by atoms with van der Waals surface area (Å²) < 4.78 is 0. The summed E-state index contributed by atoms with van der Waals surface area (Å²) in [6.07, 6.45) is 3.63. The van der Waals surface area contributed by atoms with Gasteiger partial charge in [-0.25, -0.2) is 0 Å². The molecule has 0 radical (unpaired) electrons. The van der Waals surface area contributed by atoms with Crippen molar-refractivity contribution in [1.29, 1.82) is 0 Å². The Kier molecular flexibility index (Phi) is 4.67.